The van der Waals surface area contributed by atoms with E-state index in [1.807, 2.05) is 4.98 Å². The number of H-pyrrole nitrogens is 1. The molecule has 0 spiro atoms. The zero-order valence-corrected chi connectivity index (χ0v) is 17.2. The smallest absolute Gasteiger partial charge is 0.389 e. The number of alkyl halides is 6. The van der Waals surface area contributed by atoms with Gasteiger partial charge in [-0.15, -0.1) is 0 Å². The van der Waals surface area contributed by atoms with Gasteiger partial charge in [-0.1, -0.05) is 23.2 Å². The van der Waals surface area contributed by atoms with Crippen molar-refractivity contribution < 1.29 is 40.2 Å². The van der Waals surface area contributed by atoms with Crippen LogP contribution in [0.3, 0.4) is 0 Å². The molecular formula is C16H14Cl2F8N4O2. The van der Waals surface area contributed by atoms with Crippen LogP contribution in [0, 0.1) is 11.6 Å². The summed E-state index contributed by atoms with van der Waals surface area (Å²) in [5.74, 6) is -3.69. The molecule has 32 heavy (non-hydrogen) atoms. The first-order chi connectivity index (χ1) is 14.6. The van der Waals surface area contributed by atoms with Gasteiger partial charge in [-0.3, -0.25) is 4.79 Å². The number of nitrogens with one attached hydrogen (secondary N) is 1. The van der Waals surface area contributed by atoms with Gasteiger partial charge in [0.25, 0.3) is 11.4 Å². The third-order valence-corrected chi connectivity index (χ3v) is 3.95. The zero-order valence-electron chi connectivity index (χ0n) is 15.7. The number of aryl methyl sites for hydroxylation is 2. The van der Waals surface area contributed by atoms with Gasteiger partial charge in [0, 0.05) is 25.7 Å². The van der Waals surface area contributed by atoms with Crippen LogP contribution in [-0.2, 0) is 12.8 Å². The topological polar surface area (TPSA) is 91.8 Å². The second-order valence-corrected chi connectivity index (χ2v) is 6.84. The Morgan fingerprint density at radius 1 is 0.812 bits per heavy atom. The van der Waals surface area contributed by atoms with Crippen molar-refractivity contribution in [3.05, 3.63) is 43.9 Å². The molecule has 180 valence electrons. The Labute approximate surface area is 184 Å². The van der Waals surface area contributed by atoms with Gasteiger partial charge in [-0.2, -0.15) is 35.7 Å². The van der Waals surface area contributed by atoms with E-state index in [1.54, 1.807) is 0 Å². The lowest BCUT2D eigenvalue weighted by Crippen LogP contribution is -2.16. The van der Waals surface area contributed by atoms with Crippen LogP contribution in [0.25, 0.3) is 0 Å². The lowest BCUT2D eigenvalue weighted by Gasteiger charge is -2.05. The van der Waals surface area contributed by atoms with E-state index in [0.29, 0.717) is 0 Å². The molecule has 0 aliphatic carbocycles. The highest BCUT2D eigenvalue weighted by molar-refractivity contribution is 6.33. The number of rotatable bonds is 6. The van der Waals surface area contributed by atoms with E-state index in [0.717, 1.165) is 0 Å². The second kappa shape index (κ2) is 11.6. The van der Waals surface area contributed by atoms with Crippen molar-refractivity contribution in [3.8, 4) is 5.88 Å². The number of hydrogen-bond acceptors (Lipinski definition) is 5. The molecule has 6 nitrogen and oxygen atoms in total. The van der Waals surface area contributed by atoms with Crippen LogP contribution in [0.1, 0.15) is 37.3 Å². The van der Waals surface area contributed by atoms with Gasteiger partial charge in [0.2, 0.25) is 5.82 Å². The molecule has 0 aliphatic rings. The summed E-state index contributed by atoms with van der Waals surface area (Å²) < 4.78 is 96.3. The molecule has 0 unspecified atom stereocenters. The van der Waals surface area contributed by atoms with Crippen LogP contribution in [-0.4, -0.2) is 37.4 Å². The minimum Gasteiger partial charge on any atom is -0.491 e. The first-order valence-corrected chi connectivity index (χ1v) is 9.33. The minimum absolute atomic E-state index is 0.000602. The van der Waals surface area contributed by atoms with Gasteiger partial charge >= 0.3 is 12.4 Å². The highest BCUT2D eigenvalue weighted by Gasteiger charge is 2.27. The molecule has 2 N–H and O–H groups in total. The van der Waals surface area contributed by atoms with Gasteiger partial charge in [0.05, 0.1) is 0 Å². The molecule has 0 bridgehead atoms. The first-order valence-electron chi connectivity index (χ1n) is 8.57. The number of halogens is 10. The summed E-state index contributed by atoms with van der Waals surface area (Å²) in [4.78, 5) is 22.9. The number of aromatic amines is 1. The molecule has 0 aliphatic heterocycles. The second-order valence-electron chi connectivity index (χ2n) is 6.12. The van der Waals surface area contributed by atoms with E-state index in [-0.39, 0.29) is 37.3 Å². The van der Waals surface area contributed by atoms with Crippen molar-refractivity contribution in [2.75, 3.05) is 0 Å². The molecule has 2 aromatic rings. The average Bonchev–Trinajstić information content (AvgIpc) is 2.62. The lowest BCUT2D eigenvalue weighted by atomic mass is 10.2. The lowest BCUT2D eigenvalue weighted by molar-refractivity contribution is -0.136. The fraction of sp³-hybridized carbons (Fsp3) is 0.500. The third kappa shape index (κ3) is 10.4. The van der Waals surface area contributed by atoms with E-state index >= 15 is 0 Å². The molecule has 2 heterocycles. The minimum atomic E-state index is -4.29. The van der Waals surface area contributed by atoms with Gasteiger partial charge in [-0.05, 0) is 12.8 Å². The number of hydrogen-bond donors (Lipinski definition) is 2. The summed E-state index contributed by atoms with van der Waals surface area (Å²) in [6.45, 7) is 0. The van der Waals surface area contributed by atoms with Crippen LogP contribution >= 0.6 is 23.2 Å². The summed E-state index contributed by atoms with van der Waals surface area (Å²) in [6.07, 6.45) is -11.2. The predicted octanol–water partition coefficient (Wildman–Crippen LogP) is 5.31. The Kier molecular flexibility index (Phi) is 10.1. The van der Waals surface area contributed by atoms with Crippen molar-refractivity contribution in [1.82, 2.24) is 19.9 Å². The maximum absolute atomic E-state index is 12.9. The molecule has 2 rings (SSSR count). The van der Waals surface area contributed by atoms with Crippen molar-refractivity contribution in [2.24, 2.45) is 0 Å². The summed E-state index contributed by atoms with van der Waals surface area (Å²) in [6, 6.07) is 0. The Morgan fingerprint density at radius 3 is 1.72 bits per heavy atom. The quantitative estimate of drug-likeness (QED) is 0.401. The monoisotopic (exact) mass is 516 g/mol. The van der Waals surface area contributed by atoms with Crippen molar-refractivity contribution in [2.45, 2.75) is 50.9 Å². The summed E-state index contributed by atoms with van der Waals surface area (Å²) >= 11 is 10.7. The van der Waals surface area contributed by atoms with E-state index in [4.69, 9.17) is 28.3 Å². The maximum atomic E-state index is 12.9. The van der Waals surface area contributed by atoms with Crippen LogP contribution in [0.4, 0.5) is 35.1 Å². The van der Waals surface area contributed by atoms with Gasteiger partial charge in [0.1, 0.15) is 11.6 Å². The van der Waals surface area contributed by atoms with Gasteiger partial charge < -0.3 is 10.1 Å². The average molecular weight is 517 g/mol. The number of nitrogens with zero attached hydrogens (tertiary/aromatic N) is 3. The Hall–Kier alpha value is -2.22. The van der Waals surface area contributed by atoms with E-state index < -0.39 is 58.6 Å². The molecule has 16 heteroatoms. The van der Waals surface area contributed by atoms with Crippen LogP contribution in [0.2, 0.25) is 10.3 Å². The zero-order chi connectivity index (χ0) is 24.7. The SMILES string of the molecule is Fc1c(Cl)nc(CCCC(F)(F)F)nc1Cl.O=c1[nH]c(CCCC(F)(F)F)nc(O)c1F. The number of aromatic hydroxyl groups is 1. The fourth-order valence-corrected chi connectivity index (χ4v) is 2.48. The molecule has 2 aromatic heterocycles. The Morgan fingerprint density at radius 2 is 1.28 bits per heavy atom. The van der Waals surface area contributed by atoms with Crippen LogP contribution in [0.5, 0.6) is 5.88 Å². The Balaban J connectivity index is 0.000000320. The Bertz CT molecular complexity index is 944. The van der Waals surface area contributed by atoms with Gasteiger partial charge in [-0.25, -0.2) is 14.4 Å². The molecule has 0 saturated carbocycles. The molecule has 0 amide bonds. The molecule has 0 saturated heterocycles. The highest BCUT2D eigenvalue weighted by Crippen LogP contribution is 2.24. The van der Waals surface area contributed by atoms with Gasteiger partial charge in [0.15, 0.2) is 16.1 Å². The van der Waals surface area contributed by atoms with E-state index in [1.165, 1.54) is 0 Å². The molecular weight excluding hydrogens is 503 g/mol. The molecule has 0 aromatic carbocycles. The van der Waals surface area contributed by atoms with Crippen molar-refractivity contribution in [1.29, 1.82) is 0 Å². The predicted molar refractivity (Wildman–Crippen MR) is 96.5 cm³/mol. The fourth-order valence-electron chi connectivity index (χ4n) is 2.06. The normalized spacial score (nSPS) is 11.8. The number of aromatic nitrogens is 4. The molecule has 0 atom stereocenters. The van der Waals surface area contributed by atoms with Crippen molar-refractivity contribution >= 4 is 23.2 Å². The summed E-state index contributed by atoms with van der Waals surface area (Å²) in [7, 11) is 0. The third-order valence-electron chi connectivity index (χ3n) is 3.45. The summed E-state index contributed by atoms with van der Waals surface area (Å²) in [5, 5.41) is 7.84. The largest absolute Gasteiger partial charge is 0.491 e. The highest BCUT2D eigenvalue weighted by atomic mass is 35.5. The summed E-state index contributed by atoms with van der Waals surface area (Å²) in [5.41, 5.74) is -1.20. The maximum Gasteiger partial charge on any atom is 0.389 e. The van der Waals surface area contributed by atoms with Crippen LogP contribution < -0.4 is 5.56 Å². The van der Waals surface area contributed by atoms with E-state index in [2.05, 4.69) is 15.0 Å². The molecule has 0 fully saturated rings. The van der Waals surface area contributed by atoms with E-state index in [9.17, 15) is 39.9 Å². The first kappa shape index (κ1) is 27.8. The molecule has 0 radical (unpaired) electrons. The standard InChI is InChI=1S/C8H6Cl2F4N2.C8H8F4N2O2/c9-6-5(11)7(10)16-4(15-6)2-1-3-8(12,13)14;9-5-6(15)13-4(14-7(5)16)2-1-3-8(10,11)12/h1-3H2;1-3H2,(H2,13,14,15,16). The van der Waals surface area contributed by atoms with Crippen molar-refractivity contribution in [3.63, 3.8) is 0 Å². The van der Waals surface area contributed by atoms with Crippen LogP contribution in [0.15, 0.2) is 4.79 Å².